The van der Waals surface area contributed by atoms with E-state index in [1.807, 2.05) is 0 Å². The minimum atomic E-state index is 0.454. The molecule has 2 aromatic heterocycles. The minimum absolute atomic E-state index is 0.454. The van der Waals surface area contributed by atoms with Gasteiger partial charge in [-0.1, -0.05) is 5.16 Å². The van der Waals surface area contributed by atoms with Crippen LogP contribution in [0.15, 0.2) is 10.9 Å². The van der Waals surface area contributed by atoms with Crippen LogP contribution in [-0.2, 0) is 6.54 Å². The van der Waals surface area contributed by atoms with Gasteiger partial charge in [-0.2, -0.15) is 10.1 Å². The molecule has 1 fully saturated rings. The van der Waals surface area contributed by atoms with Gasteiger partial charge in [0.25, 0.3) is 0 Å². The van der Waals surface area contributed by atoms with E-state index in [4.69, 9.17) is 4.52 Å². The molecule has 18 heavy (non-hydrogen) atoms. The van der Waals surface area contributed by atoms with Crippen LogP contribution in [0.1, 0.15) is 12.3 Å². The fourth-order valence-electron chi connectivity index (χ4n) is 1.98. The number of aromatic nitrogens is 5. The molecule has 0 amide bonds. The maximum atomic E-state index is 5.22. The van der Waals surface area contributed by atoms with E-state index in [0.717, 1.165) is 32.6 Å². The number of nitrogens with one attached hydrogen (secondary N) is 2. The number of H-pyrrole nitrogens is 1. The van der Waals surface area contributed by atoms with Crippen LogP contribution in [0.4, 0.5) is 0 Å². The van der Waals surface area contributed by atoms with Gasteiger partial charge in [0.1, 0.15) is 6.33 Å². The summed E-state index contributed by atoms with van der Waals surface area (Å²) in [7, 11) is 0. The summed E-state index contributed by atoms with van der Waals surface area (Å²) < 4.78 is 5.22. The topological polar surface area (TPSA) is 95.8 Å². The molecule has 1 aliphatic heterocycles. The lowest BCUT2D eigenvalue weighted by atomic mass is 10.4. The second-order valence-electron chi connectivity index (χ2n) is 4.23. The van der Waals surface area contributed by atoms with Crippen molar-refractivity contribution in [2.75, 3.05) is 26.2 Å². The van der Waals surface area contributed by atoms with Crippen molar-refractivity contribution in [2.45, 2.75) is 13.0 Å². The van der Waals surface area contributed by atoms with Gasteiger partial charge < -0.3 is 9.84 Å². The lowest BCUT2D eigenvalue weighted by Gasteiger charge is -2.16. The summed E-state index contributed by atoms with van der Waals surface area (Å²) in [6.45, 7) is 4.81. The molecule has 8 nitrogen and oxygen atoms in total. The summed E-state index contributed by atoms with van der Waals surface area (Å²) in [6.07, 6.45) is 2.56. The smallest absolute Gasteiger partial charge is 0.241 e. The third kappa shape index (κ3) is 2.54. The number of hydrogen-bond acceptors (Lipinski definition) is 7. The Hall–Kier alpha value is -1.80. The second kappa shape index (κ2) is 5.23. The molecule has 3 heterocycles. The van der Waals surface area contributed by atoms with Crippen molar-refractivity contribution in [2.24, 2.45) is 0 Å². The number of rotatable bonds is 3. The lowest BCUT2D eigenvalue weighted by molar-refractivity contribution is 0.239. The zero-order valence-corrected chi connectivity index (χ0v) is 9.96. The predicted octanol–water partition coefficient (Wildman–Crippen LogP) is -0.350. The fraction of sp³-hybridized carbons (Fsp3) is 0.600. The fourth-order valence-corrected chi connectivity index (χ4v) is 1.98. The summed E-state index contributed by atoms with van der Waals surface area (Å²) in [4.78, 5) is 10.6. The number of aromatic amines is 1. The van der Waals surface area contributed by atoms with E-state index in [9.17, 15) is 0 Å². The average Bonchev–Trinajstić information content (AvgIpc) is 2.98. The van der Waals surface area contributed by atoms with Crippen LogP contribution in [0.5, 0.6) is 0 Å². The molecule has 0 spiro atoms. The van der Waals surface area contributed by atoms with E-state index < -0.39 is 0 Å². The van der Waals surface area contributed by atoms with Crippen molar-refractivity contribution in [3.05, 3.63) is 12.2 Å². The Bertz CT molecular complexity index is 472. The quantitative estimate of drug-likeness (QED) is 0.767. The standard InChI is InChI=1S/C10H15N7O/c1-2-11-3-5-17(4-1)6-8-14-10(16-18-8)9-12-7-13-15-9/h7,11H,1-6H2,(H,12,13,15). The highest BCUT2D eigenvalue weighted by Gasteiger charge is 2.15. The van der Waals surface area contributed by atoms with Gasteiger partial charge in [-0.3, -0.25) is 10.00 Å². The molecule has 2 aromatic rings. The van der Waals surface area contributed by atoms with Gasteiger partial charge in [0.05, 0.1) is 6.54 Å². The molecule has 8 heteroatoms. The first-order valence-corrected chi connectivity index (χ1v) is 6.03. The largest absolute Gasteiger partial charge is 0.337 e. The molecule has 0 unspecified atom stereocenters. The molecule has 0 bridgehead atoms. The molecule has 0 atom stereocenters. The van der Waals surface area contributed by atoms with Crippen LogP contribution >= 0.6 is 0 Å². The van der Waals surface area contributed by atoms with Crippen molar-refractivity contribution in [1.82, 2.24) is 35.5 Å². The highest BCUT2D eigenvalue weighted by Crippen LogP contribution is 2.10. The predicted molar refractivity (Wildman–Crippen MR) is 62.4 cm³/mol. The Morgan fingerprint density at radius 2 is 2.33 bits per heavy atom. The third-order valence-electron chi connectivity index (χ3n) is 2.89. The van der Waals surface area contributed by atoms with Crippen LogP contribution < -0.4 is 5.32 Å². The molecule has 3 rings (SSSR count). The zero-order chi connectivity index (χ0) is 12.2. The van der Waals surface area contributed by atoms with Crippen molar-refractivity contribution in [3.8, 4) is 11.6 Å². The Kier molecular flexibility index (Phi) is 3.29. The van der Waals surface area contributed by atoms with Gasteiger partial charge >= 0.3 is 0 Å². The Morgan fingerprint density at radius 1 is 1.33 bits per heavy atom. The molecular formula is C10H15N7O. The molecule has 2 N–H and O–H groups in total. The first-order valence-electron chi connectivity index (χ1n) is 6.03. The van der Waals surface area contributed by atoms with E-state index >= 15 is 0 Å². The Morgan fingerprint density at radius 3 is 3.22 bits per heavy atom. The summed E-state index contributed by atoms with van der Waals surface area (Å²) in [6, 6.07) is 0. The molecular weight excluding hydrogens is 234 g/mol. The number of hydrogen-bond donors (Lipinski definition) is 2. The number of nitrogens with zero attached hydrogens (tertiary/aromatic N) is 5. The summed E-state index contributed by atoms with van der Waals surface area (Å²) in [5, 5.41) is 13.7. The molecule has 1 aliphatic rings. The molecule has 0 aliphatic carbocycles. The monoisotopic (exact) mass is 249 g/mol. The van der Waals surface area contributed by atoms with Gasteiger partial charge in [-0.25, -0.2) is 4.98 Å². The third-order valence-corrected chi connectivity index (χ3v) is 2.89. The van der Waals surface area contributed by atoms with Gasteiger partial charge in [-0.05, 0) is 19.5 Å². The normalized spacial score (nSPS) is 17.8. The van der Waals surface area contributed by atoms with Crippen molar-refractivity contribution in [1.29, 1.82) is 0 Å². The summed E-state index contributed by atoms with van der Waals surface area (Å²) in [5.41, 5.74) is 0. The van der Waals surface area contributed by atoms with Crippen molar-refractivity contribution >= 4 is 0 Å². The van der Waals surface area contributed by atoms with E-state index in [2.05, 4.69) is 35.5 Å². The molecule has 96 valence electrons. The van der Waals surface area contributed by atoms with Crippen LogP contribution in [0.2, 0.25) is 0 Å². The lowest BCUT2D eigenvalue weighted by Crippen LogP contribution is -2.27. The first kappa shape index (κ1) is 11.3. The van der Waals surface area contributed by atoms with E-state index in [1.165, 1.54) is 6.33 Å². The van der Waals surface area contributed by atoms with E-state index in [1.54, 1.807) is 0 Å². The second-order valence-corrected chi connectivity index (χ2v) is 4.23. The zero-order valence-electron chi connectivity index (χ0n) is 9.96. The molecule has 0 radical (unpaired) electrons. The molecule has 0 aromatic carbocycles. The molecule has 0 saturated carbocycles. The van der Waals surface area contributed by atoms with E-state index in [0.29, 0.717) is 24.1 Å². The average molecular weight is 249 g/mol. The van der Waals surface area contributed by atoms with Crippen molar-refractivity contribution < 1.29 is 4.52 Å². The van der Waals surface area contributed by atoms with Gasteiger partial charge in [0, 0.05) is 13.1 Å². The SMILES string of the molecule is c1n[nH]c(-c2noc(CN3CCCNCC3)n2)n1. The van der Waals surface area contributed by atoms with Crippen molar-refractivity contribution in [3.63, 3.8) is 0 Å². The Balaban J connectivity index is 1.66. The minimum Gasteiger partial charge on any atom is -0.337 e. The first-order chi connectivity index (χ1) is 8.92. The highest BCUT2D eigenvalue weighted by molar-refractivity contribution is 5.39. The molecule has 1 saturated heterocycles. The van der Waals surface area contributed by atoms with Crippen LogP contribution in [0.3, 0.4) is 0 Å². The summed E-state index contributed by atoms with van der Waals surface area (Å²) in [5.74, 6) is 1.60. The van der Waals surface area contributed by atoms with Gasteiger partial charge in [0.15, 0.2) is 5.82 Å². The van der Waals surface area contributed by atoms with E-state index in [-0.39, 0.29) is 0 Å². The highest BCUT2D eigenvalue weighted by atomic mass is 16.5. The van der Waals surface area contributed by atoms with Gasteiger partial charge in [0.2, 0.25) is 11.7 Å². The van der Waals surface area contributed by atoms with Crippen LogP contribution in [0, 0.1) is 0 Å². The van der Waals surface area contributed by atoms with Crippen LogP contribution in [-0.4, -0.2) is 56.4 Å². The van der Waals surface area contributed by atoms with Crippen LogP contribution in [0.25, 0.3) is 11.6 Å². The summed E-state index contributed by atoms with van der Waals surface area (Å²) >= 11 is 0. The van der Waals surface area contributed by atoms with Gasteiger partial charge in [-0.15, -0.1) is 0 Å². The Labute approximate surface area is 104 Å². The maximum absolute atomic E-state index is 5.22. The maximum Gasteiger partial charge on any atom is 0.241 e.